The highest BCUT2D eigenvalue weighted by molar-refractivity contribution is 7.26. The molecule has 3 aromatic heterocycles. The zero-order valence-electron chi connectivity index (χ0n) is 31.2. The highest BCUT2D eigenvalue weighted by atomic mass is 32.1. The molecule has 0 saturated heterocycles. The van der Waals surface area contributed by atoms with Crippen molar-refractivity contribution in [3.05, 3.63) is 199 Å². The summed E-state index contributed by atoms with van der Waals surface area (Å²) in [6.45, 7) is 0. The van der Waals surface area contributed by atoms with Gasteiger partial charge in [0, 0.05) is 68.3 Å². The van der Waals surface area contributed by atoms with E-state index in [0.717, 1.165) is 45.2 Å². The fourth-order valence-electron chi connectivity index (χ4n) is 8.74. The van der Waals surface area contributed by atoms with Crippen LogP contribution in [0.3, 0.4) is 0 Å². The molecule has 272 valence electrons. The number of hydrogen-bond donors (Lipinski definition) is 1. The number of anilines is 1. The average Bonchev–Trinajstić information content (AvgIpc) is 3.87. The van der Waals surface area contributed by atoms with Gasteiger partial charge in [-0.3, -0.25) is 0 Å². The number of hydrogen-bond acceptors (Lipinski definition) is 5. The first-order valence-electron chi connectivity index (χ1n) is 19.6. The zero-order chi connectivity index (χ0) is 38.2. The molecule has 11 aromatic rings. The minimum Gasteiger partial charge on any atom is -0.374 e. The topological polar surface area (TPSA) is 37.8 Å². The van der Waals surface area contributed by atoms with Gasteiger partial charge in [0.2, 0.25) is 0 Å². The first-order valence-corrected chi connectivity index (χ1v) is 21.2. The van der Waals surface area contributed by atoms with Gasteiger partial charge in [-0.2, -0.15) is 0 Å². The highest BCUT2D eigenvalue weighted by Crippen LogP contribution is 2.51. The normalized spacial score (nSPS) is 13.5. The van der Waals surface area contributed by atoms with E-state index in [-0.39, 0.29) is 6.04 Å². The molecule has 3 nitrogen and oxygen atoms in total. The van der Waals surface area contributed by atoms with Crippen LogP contribution >= 0.6 is 22.7 Å². The van der Waals surface area contributed by atoms with Crippen molar-refractivity contribution in [3.63, 3.8) is 0 Å². The van der Waals surface area contributed by atoms with Crippen LogP contribution in [0.2, 0.25) is 0 Å². The van der Waals surface area contributed by atoms with E-state index in [1.54, 1.807) is 0 Å². The molecule has 1 aliphatic rings. The second-order valence-electron chi connectivity index (χ2n) is 15.0. The lowest BCUT2D eigenvalue weighted by molar-refractivity contribution is 0.933. The van der Waals surface area contributed by atoms with E-state index in [1.165, 1.54) is 68.2 Å². The van der Waals surface area contributed by atoms with Crippen molar-refractivity contribution in [2.45, 2.75) is 6.04 Å². The number of fused-ring (bicyclic) bond motifs is 10. The third kappa shape index (κ3) is 5.47. The Hall–Kier alpha value is -6.92. The molecule has 0 aliphatic carbocycles. The van der Waals surface area contributed by atoms with Gasteiger partial charge in [0.25, 0.3) is 0 Å². The van der Waals surface area contributed by atoms with Crippen molar-refractivity contribution in [2.24, 2.45) is 0 Å². The van der Waals surface area contributed by atoms with Crippen molar-refractivity contribution >= 4 is 68.7 Å². The Balaban J connectivity index is 0.959. The molecule has 0 amide bonds. The number of aromatic nitrogens is 2. The van der Waals surface area contributed by atoms with Crippen LogP contribution in [0.5, 0.6) is 0 Å². The van der Waals surface area contributed by atoms with Crippen LogP contribution in [0.4, 0.5) is 5.69 Å². The molecule has 1 unspecified atom stereocenters. The van der Waals surface area contributed by atoms with Crippen LogP contribution in [0, 0.1) is 0 Å². The summed E-state index contributed by atoms with van der Waals surface area (Å²) in [5, 5.41) is 9.16. The van der Waals surface area contributed by atoms with Crippen molar-refractivity contribution < 1.29 is 0 Å². The number of rotatable bonds is 5. The quantitative estimate of drug-likeness (QED) is 0.189. The second-order valence-corrected chi connectivity index (χ2v) is 17.1. The maximum Gasteiger partial charge on any atom is 0.160 e. The Kier molecular flexibility index (Phi) is 7.65. The fraction of sp³-hybridized carbons (Fsp3) is 0.0189. The van der Waals surface area contributed by atoms with E-state index in [0.29, 0.717) is 0 Å². The molecule has 1 atom stereocenters. The van der Waals surface area contributed by atoms with E-state index in [2.05, 4.69) is 175 Å². The maximum atomic E-state index is 5.15. The van der Waals surface area contributed by atoms with E-state index in [1.807, 2.05) is 40.9 Å². The van der Waals surface area contributed by atoms with Crippen LogP contribution in [0.15, 0.2) is 188 Å². The van der Waals surface area contributed by atoms with Crippen molar-refractivity contribution in [1.29, 1.82) is 0 Å². The van der Waals surface area contributed by atoms with Gasteiger partial charge in [-0.25, -0.2) is 9.97 Å². The van der Waals surface area contributed by atoms with Crippen LogP contribution < -0.4 is 5.32 Å². The molecule has 12 rings (SSSR count). The summed E-state index contributed by atoms with van der Waals surface area (Å²) in [4.78, 5) is 10.3. The van der Waals surface area contributed by atoms with Gasteiger partial charge in [-0.1, -0.05) is 146 Å². The van der Waals surface area contributed by atoms with Crippen molar-refractivity contribution in [3.8, 4) is 56.2 Å². The summed E-state index contributed by atoms with van der Waals surface area (Å²) in [6, 6.07) is 67.9. The van der Waals surface area contributed by atoms with Gasteiger partial charge < -0.3 is 5.32 Å². The van der Waals surface area contributed by atoms with Gasteiger partial charge in [0.05, 0.1) is 17.4 Å². The first-order chi connectivity index (χ1) is 28.7. The molecular formula is C53H33N3S2. The van der Waals surface area contributed by atoms with Gasteiger partial charge in [0.15, 0.2) is 5.82 Å². The predicted octanol–water partition coefficient (Wildman–Crippen LogP) is 15.1. The molecule has 4 heterocycles. The number of thiophene rings is 2. The summed E-state index contributed by atoms with van der Waals surface area (Å²) in [7, 11) is 0. The third-order valence-electron chi connectivity index (χ3n) is 11.6. The monoisotopic (exact) mass is 775 g/mol. The lowest BCUT2D eigenvalue weighted by Gasteiger charge is -2.31. The Bertz CT molecular complexity index is 3370. The minimum atomic E-state index is 0.0577. The molecule has 1 aliphatic heterocycles. The van der Waals surface area contributed by atoms with Gasteiger partial charge in [-0.05, 0) is 70.3 Å². The fourth-order valence-corrected chi connectivity index (χ4v) is 11.0. The Morgan fingerprint density at radius 3 is 1.84 bits per heavy atom. The highest BCUT2D eigenvalue weighted by Gasteiger charge is 2.28. The van der Waals surface area contributed by atoms with Crippen LogP contribution in [0.25, 0.3) is 96.5 Å². The molecule has 8 aromatic carbocycles. The molecule has 0 bridgehead atoms. The molecular weight excluding hydrogens is 743 g/mol. The van der Waals surface area contributed by atoms with E-state index in [4.69, 9.17) is 9.97 Å². The first kappa shape index (κ1) is 33.2. The van der Waals surface area contributed by atoms with E-state index >= 15 is 0 Å². The summed E-state index contributed by atoms with van der Waals surface area (Å²) in [6.07, 6.45) is 0. The Labute approximate surface area is 343 Å². The third-order valence-corrected chi connectivity index (χ3v) is 13.8. The molecule has 1 N–H and O–H groups in total. The van der Waals surface area contributed by atoms with E-state index < -0.39 is 0 Å². The second kappa shape index (κ2) is 13.3. The smallest absolute Gasteiger partial charge is 0.160 e. The zero-order valence-corrected chi connectivity index (χ0v) is 32.8. The van der Waals surface area contributed by atoms with Crippen LogP contribution in [-0.4, -0.2) is 9.97 Å². The largest absolute Gasteiger partial charge is 0.374 e. The summed E-state index contributed by atoms with van der Waals surface area (Å²) >= 11 is 3.71. The molecule has 0 radical (unpaired) electrons. The molecule has 0 spiro atoms. The van der Waals surface area contributed by atoms with Crippen LogP contribution in [-0.2, 0) is 0 Å². The summed E-state index contributed by atoms with van der Waals surface area (Å²) in [5.41, 5.74) is 13.6. The summed E-state index contributed by atoms with van der Waals surface area (Å²) in [5.74, 6) is 0.718. The van der Waals surface area contributed by atoms with Crippen molar-refractivity contribution in [2.75, 3.05) is 5.32 Å². The number of nitrogens with zero attached hydrogens (tertiary/aromatic N) is 2. The Morgan fingerprint density at radius 2 is 1.03 bits per heavy atom. The number of nitrogens with one attached hydrogen (secondary N) is 1. The molecule has 0 saturated carbocycles. The SMILES string of the molecule is c1ccc(-c2nc(-c3ccc(-c4ccc5c(c4)-c4c(ccc6sc7ccccc7c46)C(c4ccccc4)N5)cc3)cc(-c3ccc4c(c3)sc3ccccc34)n2)cc1. The average molecular weight is 776 g/mol. The van der Waals surface area contributed by atoms with Gasteiger partial charge in [0.1, 0.15) is 0 Å². The Morgan fingerprint density at radius 1 is 0.414 bits per heavy atom. The number of benzene rings is 8. The van der Waals surface area contributed by atoms with Gasteiger partial charge >= 0.3 is 0 Å². The molecule has 58 heavy (non-hydrogen) atoms. The van der Waals surface area contributed by atoms with E-state index in [9.17, 15) is 0 Å². The molecule has 0 fully saturated rings. The minimum absolute atomic E-state index is 0.0577. The van der Waals surface area contributed by atoms with Gasteiger partial charge in [-0.15, -0.1) is 22.7 Å². The lowest BCUT2D eigenvalue weighted by Crippen LogP contribution is -2.18. The lowest BCUT2D eigenvalue weighted by atomic mass is 9.83. The van der Waals surface area contributed by atoms with Crippen molar-refractivity contribution in [1.82, 2.24) is 9.97 Å². The standard InChI is InChI=1S/C53H33N3S2/c1-3-11-34(12-4-1)52-41-26-28-48-51(40-16-8-10-18-47(40)57-48)50(41)42-29-36(24-27-43(42)54-52)32-19-21-33(22-20-32)44-31-45(56-53(55-44)35-13-5-2-6-14-35)37-23-25-39-38-15-7-9-17-46(38)58-49(39)30-37/h1-31,52,54H. The predicted molar refractivity (Wildman–Crippen MR) is 247 cm³/mol. The summed E-state index contributed by atoms with van der Waals surface area (Å²) < 4.78 is 5.19. The van der Waals surface area contributed by atoms with Crippen LogP contribution in [0.1, 0.15) is 17.2 Å². The molecule has 5 heteroatoms. The maximum absolute atomic E-state index is 5.15.